The molecule has 8 nitrogen and oxygen atoms in total. The van der Waals surface area contributed by atoms with E-state index < -0.39 is 0 Å². The van der Waals surface area contributed by atoms with Crippen molar-refractivity contribution < 1.29 is 0 Å². The zero-order valence-electron chi connectivity index (χ0n) is 19.6. The van der Waals surface area contributed by atoms with Gasteiger partial charge in [0.05, 0.1) is 34.2 Å². The number of nitriles is 1. The van der Waals surface area contributed by atoms with Crippen LogP contribution in [0.3, 0.4) is 0 Å². The molecule has 4 heterocycles. The van der Waals surface area contributed by atoms with E-state index in [0.29, 0.717) is 11.1 Å². The Balaban J connectivity index is 1.72. The third-order valence-electron chi connectivity index (χ3n) is 6.84. The second kappa shape index (κ2) is 9.54. The van der Waals surface area contributed by atoms with Crippen LogP contribution in [-0.2, 0) is 13.6 Å². The average Bonchev–Trinajstić information content (AvgIpc) is 3.25. The minimum Gasteiger partial charge on any atom is -0.364 e. The first-order valence-electron chi connectivity index (χ1n) is 11.5. The van der Waals surface area contributed by atoms with Crippen LogP contribution in [0.25, 0.3) is 11.0 Å². The number of nitrogens with zero attached hydrogens (tertiary/aromatic N) is 7. The Bertz CT molecular complexity index is 1230. The lowest BCUT2D eigenvalue weighted by molar-refractivity contribution is 0.0991. The lowest BCUT2D eigenvalue weighted by Crippen LogP contribution is -2.58. The molecular formula is C24H30ClN7O. The van der Waals surface area contributed by atoms with Crippen molar-refractivity contribution in [1.82, 2.24) is 24.2 Å². The fraction of sp³-hybridized carbons (Fsp3) is 0.500. The second-order valence-electron chi connectivity index (χ2n) is 8.70. The summed E-state index contributed by atoms with van der Waals surface area (Å²) in [6.45, 7) is 8.37. The topological polar surface area (TPSA) is 83.0 Å². The molecule has 0 bridgehead atoms. The van der Waals surface area contributed by atoms with Crippen LogP contribution in [0.2, 0.25) is 5.02 Å². The van der Waals surface area contributed by atoms with Gasteiger partial charge in [0.25, 0.3) is 5.56 Å². The van der Waals surface area contributed by atoms with Crippen LogP contribution in [0.5, 0.6) is 0 Å². The molecule has 1 aliphatic rings. The molecule has 0 aromatic carbocycles. The van der Waals surface area contributed by atoms with E-state index in [-0.39, 0.29) is 24.2 Å². The highest BCUT2D eigenvalue weighted by Gasteiger charge is 2.36. The van der Waals surface area contributed by atoms with Gasteiger partial charge in [-0.15, -0.1) is 0 Å². The van der Waals surface area contributed by atoms with Crippen LogP contribution in [0, 0.1) is 11.3 Å². The molecule has 0 saturated carbocycles. The summed E-state index contributed by atoms with van der Waals surface area (Å²) in [7, 11) is 1.75. The Morgan fingerprint density at radius 3 is 2.64 bits per heavy atom. The Hall–Kier alpha value is -2.89. The van der Waals surface area contributed by atoms with Gasteiger partial charge in [0.1, 0.15) is 12.1 Å². The molecule has 0 unspecified atom stereocenters. The summed E-state index contributed by atoms with van der Waals surface area (Å²) in [5, 5.41) is 14.4. The molecule has 33 heavy (non-hydrogen) atoms. The number of aromatic nitrogens is 4. The predicted molar refractivity (Wildman–Crippen MR) is 130 cm³/mol. The lowest BCUT2D eigenvalue weighted by Gasteiger charge is -2.49. The number of rotatable bonds is 6. The third-order valence-corrected chi connectivity index (χ3v) is 7.06. The van der Waals surface area contributed by atoms with Crippen molar-refractivity contribution in [3.05, 3.63) is 51.7 Å². The number of pyridine rings is 2. The zero-order valence-corrected chi connectivity index (χ0v) is 20.3. The van der Waals surface area contributed by atoms with Crippen LogP contribution in [-0.4, -0.2) is 49.4 Å². The smallest absolute Gasteiger partial charge is 0.252 e. The molecule has 3 atom stereocenters. The molecule has 0 amide bonds. The van der Waals surface area contributed by atoms with Crippen LogP contribution in [0.15, 0.2) is 35.4 Å². The molecule has 1 fully saturated rings. The molecule has 0 radical (unpaired) electrons. The molecule has 9 heteroatoms. The van der Waals surface area contributed by atoms with Gasteiger partial charge in [-0.25, -0.2) is 0 Å². The van der Waals surface area contributed by atoms with Crippen LogP contribution < -0.4 is 10.5 Å². The molecule has 0 N–H and O–H groups in total. The van der Waals surface area contributed by atoms with E-state index in [2.05, 4.69) is 46.7 Å². The summed E-state index contributed by atoms with van der Waals surface area (Å²) >= 11 is 6.05. The summed E-state index contributed by atoms with van der Waals surface area (Å²) in [6, 6.07) is 8.38. The van der Waals surface area contributed by atoms with E-state index in [1.54, 1.807) is 34.8 Å². The maximum Gasteiger partial charge on any atom is 0.252 e. The first-order valence-corrected chi connectivity index (χ1v) is 11.8. The van der Waals surface area contributed by atoms with Gasteiger partial charge in [-0.2, -0.15) is 10.4 Å². The van der Waals surface area contributed by atoms with E-state index in [4.69, 9.17) is 16.9 Å². The highest BCUT2D eigenvalue weighted by atomic mass is 35.5. The monoisotopic (exact) mass is 467 g/mol. The number of anilines is 1. The SMILES string of the molecule is CC[C@H]1CN([C@@H](C)c2ccc(Cl)cn2)[C@H](CC)CN1c1cc(=O)n(C)c2cn(CC#N)nc12. The van der Waals surface area contributed by atoms with Gasteiger partial charge in [0.2, 0.25) is 0 Å². The highest BCUT2D eigenvalue weighted by molar-refractivity contribution is 6.30. The van der Waals surface area contributed by atoms with Gasteiger partial charge in [0.15, 0.2) is 0 Å². The molecule has 0 aliphatic carbocycles. The van der Waals surface area contributed by atoms with Crippen molar-refractivity contribution in [1.29, 1.82) is 5.26 Å². The number of hydrogen-bond acceptors (Lipinski definition) is 6. The minimum absolute atomic E-state index is 0.0712. The van der Waals surface area contributed by atoms with E-state index in [0.717, 1.165) is 48.3 Å². The average molecular weight is 468 g/mol. The molecule has 0 spiro atoms. The van der Waals surface area contributed by atoms with Gasteiger partial charge in [-0.05, 0) is 31.9 Å². The summed E-state index contributed by atoms with van der Waals surface area (Å²) in [6.07, 6.45) is 5.40. The van der Waals surface area contributed by atoms with Crippen LogP contribution in [0.1, 0.15) is 45.3 Å². The lowest BCUT2D eigenvalue weighted by atomic mass is 9.98. The zero-order chi connectivity index (χ0) is 23.7. The number of hydrogen-bond donors (Lipinski definition) is 0. The molecule has 174 valence electrons. The van der Waals surface area contributed by atoms with Crippen molar-refractivity contribution in [2.24, 2.45) is 7.05 Å². The first kappa shape index (κ1) is 23.3. The maximum absolute atomic E-state index is 12.8. The van der Waals surface area contributed by atoms with E-state index in [1.165, 1.54) is 0 Å². The van der Waals surface area contributed by atoms with Crippen molar-refractivity contribution in [3.63, 3.8) is 0 Å². The summed E-state index contributed by atoms with van der Waals surface area (Å²) in [4.78, 5) is 22.2. The van der Waals surface area contributed by atoms with E-state index >= 15 is 0 Å². The molecular weight excluding hydrogens is 438 g/mol. The summed E-state index contributed by atoms with van der Waals surface area (Å²) in [5.41, 5.74) is 3.30. The highest BCUT2D eigenvalue weighted by Crippen LogP contribution is 2.34. The number of halogens is 1. The number of piperazine rings is 1. The van der Waals surface area contributed by atoms with Gasteiger partial charge >= 0.3 is 0 Å². The fourth-order valence-electron chi connectivity index (χ4n) is 4.87. The van der Waals surface area contributed by atoms with Gasteiger partial charge in [-0.3, -0.25) is 19.4 Å². The Kier molecular flexibility index (Phi) is 6.73. The van der Waals surface area contributed by atoms with Crippen molar-refractivity contribution in [2.45, 2.75) is 58.3 Å². The molecule has 1 aliphatic heterocycles. The van der Waals surface area contributed by atoms with Crippen LogP contribution >= 0.6 is 11.6 Å². The summed E-state index contributed by atoms with van der Waals surface area (Å²) in [5.74, 6) is 0. The predicted octanol–water partition coefficient (Wildman–Crippen LogP) is 3.75. The molecule has 3 aromatic heterocycles. The maximum atomic E-state index is 12.8. The van der Waals surface area contributed by atoms with Gasteiger partial charge in [0, 0.05) is 50.5 Å². The second-order valence-corrected chi connectivity index (χ2v) is 9.13. The Morgan fingerprint density at radius 1 is 1.24 bits per heavy atom. The molecule has 1 saturated heterocycles. The van der Waals surface area contributed by atoms with Crippen molar-refractivity contribution in [2.75, 3.05) is 18.0 Å². The fourth-order valence-corrected chi connectivity index (χ4v) is 4.98. The number of aryl methyl sites for hydroxylation is 1. The Morgan fingerprint density at radius 2 is 2.00 bits per heavy atom. The van der Waals surface area contributed by atoms with Crippen molar-refractivity contribution >= 4 is 28.3 Å². The van der Waals surface area contributed by atoms with Crippen LogP contribution in [0.4, 0.5) is 5.69 Å². The quantitative estimate of drug-likeness (QED) is 0.549. The third kappa shape index (κ3) is 4.35. The summed E-state index contributed by atoms with van der Waals surface area (Å²) < 4.78 is 3.21. The first-order chi connectivity index (χ1) is 15.9. The van der Waals surface area contributed by atoms with Gasteiger partial charge < -0.3 is 9.47 Å². The standard InChI is InChI=1S/C24H30ClN7O/c1-5-18-14-32(19(6-2)13-31(18)16(3)20-8-7-17(25)12-27-20)21-11-23(33)29(4)22-15-30(10-9-26)28-24(21)22/h7-8,11-12,15-16,18-19H,5-6,10,13-14H2,1-4H3/t16-,18+,19-/m0/s1. The van der Waals surface area contributed by atoms with Crippen molar-refractivity contribution in [3.8, 4) is 6.07 Å². The largest absolute Gasteiger partial charge is 0.364 e. The Labute approximate surface area is 199 Å². The molecule has 4 rings (SSSR count). The normalized spacial score (nSPS) is 20.2. The van der Waals surface area contributed by atoms with E-state index in [9.17, 15) is 4.79 Å². The minimum atomic E-state index is -0.0712. The number of fused-ring (bicyclic) bond motifs is 1. The van der Waals surface area contributed by atoms with E-state index in [1.807, 2.05) is 12.1 Å². The van der Waals surface area contributed by atoms with Gasteiger partial charge in [-0.1, -0.05) is 25.4 Å². The molecule has 3 aromatic rings.